The molecule has 0 saturated carbocycles. The largest absolute Gasteiger partial charge is 0.384 e. The van der Waals surface area contributed by atoms with Gasteiger partial charge < -0.3 is 15.6 Å². The van der Waals surface area contributed by atoms with Crippen molar-refractivity contribution >= 4 is 11.7 Å². The van der Waals surface area contributed by atoms with E-state index >= 15 is 0 Å². The standard InChI is InChI=1S/C20H20N4O/c1-12-11-24(2)20(25)17-16(13-6-4-3-5-7-13)19(23-18(12)17)14-8-9-22-15(21)10-14/h3-10,12,23H,11H2,1-2H3,(H2,21,22). The lowest BCUT2D eigenvalue weighted by atomic mass is 9.91. The summed E-state index contributed by atoms with van der Waals surface area (Å²) in [5.41, 5.74) is 11.4. The number of H-pyrrole nitrogens is 1. The molecule has 0 spiro atoms. The molecule has 1 atom stereocenters. The number of carbonyl (C=O) groups is 1. The van der Waals surface area contributed by atoms with Gasteiger partial charge in [0.05, 0.1) is 11.3 Å². The Morgan fingerprint density at radius 2 is 1.92 bits per heavy atom. The molecule has 126 valence electrons. The normalized spacial score (nSPS) is 16.8. The van der Waals surface area contributed by atoms with Crippen LogP contribution in [0.5, 0.6) is 0 Å². The number of likely N-dealkylation sites (N-methyl/N-ethyl adjacent to an activating group) is 1. The van der Waals surface area contributed by atoms with E-state index in [2.05, 4.69) is 16.9 Å². The Kier molecular flexibility index (Phi) is 3.57. The molecule has 1 amide bonds. The second kappa shape index (κ2) is 5.77. The Morgan fingerprint density at radius 3 is 2.64 bits per heavy atom. The van der Waals surface area contributed by atoms with Crippen molar-refractivity contribution in [3.8, 4) is 22.4 Å². The molecule has 25 heavy (non-hydrogen) atoms. The third-order valence-electron chi connectivity index (χ3n) is 4.76. The Morgan fingerprint density at radius 1 is 1.16 bits per heavy atom. The molecule has 3 N–H and O–H groups in total. The number of hydrogen-bond donors (Lipinski definition) is 2. The van der Waals surface area contributed by atoms with E-state index in [-0.39, 0.29) is 11.8 Å². The van der Waals surface area contributed by atoms with Gasteiger partial charge in [-0.15, -0.1) is 0 Å². The molecule has 5 heteroatoms. The molecule has 1 unspecified atom stereocenters. The van der Waals surface area contributed by atoms with Crippen LogP contribution < -0.4 is 5.73 Å². The number of nitrogens with zero attached hydrogens (tertiary/aromatic N) is 2. The van der Waals surface area contributed by atoms with Gasteiger partial charge in [0.25, 0.3) is 5.91 Å². The number of amides is 1. The Hall–Kier alpha value is -3.08. The minimum atomic E-state index is 0.0523. The highest BCUT2D eigenvalue weighted by Crippen LogP contribution is 2.41. The van der Waals surface area contributed by atoms with Crippen LogP contribution in [0.1, 0.15) is 28.9 Å². The number of hydrogen-bond acceptors (Lipinski definition) is 3. The summed E-state index contributed by atoms with van der Waals surface area (Å²) in [4.78, 5) is 22.3. The van der Waals surface area contributed by atoms with E-state index in [0.29, 0.717) is 12.4 Å². The van der Waals surface area contributed by atoms with Crippen LogP contribution in [0.4, 0.5) is 5.82 Å². The van der Waals surface area contributed by atoms with E-state index in [4.69, 9.17) is 5.73 Å². The van der Waals surface area contributed by atoms with Crippen molar-refractivity contribution in [1.29, 1.82) is 0 Å². The van der Waals surface area contributed by atoms with E-state index in [0.717, 1.165) is 33.6 Å². The number of aromatic amines is 1. The highest BCUT2D eigenvalue weighted by atomic mass is 16.2. The van der Waals surface area contributed by atoms with Crippen LogP contribution in [0, 0.1) is 0 Å². The smallest absolute Gasteiger partial charge is 0.256 e. The summed E-state index contributed by atoms with van der Waals surface area (Å²) in [5.74, 6) is 0.755. The number of rotatable bonds is 2. The SMILES string of the molecule is CC1CN(C)C(=O)c2c1[nH]c(-c1ccnc(N)c1)c2-c1ccccc1. The first-order chi connectivity index (χ1) is 12.1. The van der Waals surface area contributed by atoms with Crippen LogP contribution in [0.2, 0.25) is 0 Å². The maximum atomic E-state index is 12.9. The fourth-order valence-electron chi connectivity index (χ4n) is 3.60. The molecule has 4 rings (SSSR count). The minimum absolute atomic E-state index is 0.0523. The summed E-state index contributed by atoms with van der Waals surface area (Å²) in [6.45, 7) is 2.84. The highest BCUT2D eigenvalue weighted by molar-refractivity contribution is 6.07. The quantitative estimate of drug-likeness (QED) is 0.754. The molecule has 1 aliphatic heterocycles. The number of anilines is 1. The van der Waals surface area contributed by atoms with Gasteiger partial charge in [0.2, 0.25) is 0 Å². The zero-order chi connectivity index (χ0) is 17.6. The average Bonchev–Trinajstić information content (AvgIpc) is 3.02. The molecule has 0 fully saturated rings. The van der Waals surface area contributed by atoms with Gasteiger partial charge in [-0.05, 0) is 17.7 Å². The predicted molar refractivity (Wildman–Crippen MR) is 99.2 cm³/mol. The van der Waals surface area contributed by atoms with Gasteiger partial charge >= 0.3 is 0 Å². The van der Waals surface area contributed by atoms with Crippen molar-refractivity contribution in [3.05, 3.63) is 59.9 Å². The third-order valence-corrected chi connectivity index (χ3v) is 4.76. The van der Waals surface area contributed by atoms with E-state index < -0.39 is 0 Å². The fourth-order valence-corrected chi connectivity index (χ4v) is 3.60. The molecular formula is C20H20N4O. The van der Waals surface area contributed by atoms with Crippen LogP contribution in [0.15, 0.2) is 48.7 Å². The van der Waals surface area contributed by atoms with Crippen LogP contribution >= 0.6 is 0 Å². The van der Waals surface area contributed by atoms with Gasteiger partial charge in [0.1, 0.15) is 5.82 Å². The Balaban J connectivity index is 2.04. The van der Waals surface area contributed by atoms with E-state index in [9.17, 15) is 4.79 Å². The molecule has 0 radical (unpaired) electrons. The highest BCUT2D eigenvalue weighted by Gasteiger charge is 2.33. The molecule has 5 nitrogen and oxygen atoms in total. The lowest BCUT2D eigenvalue weighted by Gasteiger charge is -2.28. The first kappa shape index (κ1) is 15.4. The maximum absolute atomic E-state index is 12.9. The molecular weight excluding hydrogens is 312 g/mol. The molecule has 1 aliphatic rings. The van der Waals surface area contributed by atoms with Crippen molar-refractivity contribution in [2.45, 2.75) is 12.8 Å². The molecule has 0 bridgehead atoms. The molecule has 3 aromatic rings. The lowest BCUT2D eigenvalue weighted by Crippen LogP contribution is -2.35. The van der Waals surface area contributed by atoms with Crippen LogP contribution in [0.25, 0.3) is 22.4 Å². The summed E-state index contributed by atoms with van der Waals surface area (Å²) < 4.78 is 0. The van der Waals surface area contributed by atoms with Crippen molar-refractivity contribution in [3.63, 3.8) is 0 Å². The predicted octanol–water partition coefficient (Wildman–Crippen LogP) is 3.52. The Labute approximate surface area is 146 Å². The van der Waals surface area contributed by atoms with Gasteiger partial charge in [-0.25, -0.2) is 4.98 Å². The second-order valence-electron chi connectivity index (χ2n) is 6.59. The number of nitrogen functional groups attached to an aromatic ring is 1. The van der Waals surface area contributed by atoms with Gasteiger partial charge in [0, 0.05) is 42.5 Å². The van der Waals surface area contributed by atoms with Gasteiger partial charge in [-0.1, -0.05) is 37.3 Å². The lowest BCUT2D eigenvalue weighted by molar-refractivity contribution is 0.0768. The number of nitrogens with one attached hydrogen (secondary N) is 1. The summed E-state index contributed by atoms with van der Waals surface area (Å²) in [7, 11) is 1.85. The van der Waals surface area contributed by atoms with Crippen molar-refractivity contribution in [1.82, 2.24) is 14.9 Å². The fraction of sp³-hybridized carbons (Fsp3) is 0.200. The van der Waals surface area contributed by atoms with Gasteiger partial charge in [-0.2, -0.15) is 0 Å². The van der Waals surface area contributed by atoms with E-state index in [1.165, 1.54) is 0 Å². The minimum Gasteiger partial charge on any atom is -0.384 e. The molecule has 0 aliphatic carbocycles. The maximum Gasteiger partial charge on any atom is 0.256 e. The van der Waals surface area contributed by atoms with Crippen molar-refractivity contribution in [2.75, 3.05) is 19.3 Å². The summed E-state index contributed by atoms with van der Waals surface area (Å²) in [5, 5.41) is 0. The molecule has 0 saturated heterocycles. The van der Waals surface area contributed by atoms with Gasteiger partial charge in [0.15, 0.2) is 0 Å². The first-order valence-electron chi connectivity index (χ1n) is 8.35. The number of aromatic nitrogens is 2. The van der Waals surface area contributed by atoms with Gasteiger partial charge in [-0.3, -0.25) is 4.79 Å². The summed E-state index contributed by atoms with van der Waals surface area (Å²) in [6.07, 6.45) is 1.69. The zero-order valence-electron chi connectivity index (χ0n) is 14.3. The van der Waals surface area contributed by atoms with Crippen LogP contribution in [-0.4, -0.2) is 34.4 Å². The molecule has 1 aromatic carbocycles. The third kappa shape index (κ3) is 2.48. The Bertz CT molecular complexity index is 946. The molecule has 2 aromatic heterocycles. The number of carbonyl (C=O) groups excluding carboxylic acids is 1. The zero-order valence-corrected chi connectivity index (χ0v) is 14.3. The van der Waals surface area contributed by atoms with Crippen molar-refractivity contribution in [2.24, 2.45) is 0 Å². The number of pyridine rings is 1. The monoisotopic (exact) mass is 332 g/mol. The van der Waals surface area contributed by atoms with Crippen molar-refractivity contribution < 1.29 is 4.79 Å². The number of nitrogens with two attached hydrogens (primary N) is 1. The number of benzene rings is 1. The topological polar surface area (TPSA) is 75.0 Å². The average molecular weight is 332 g/mol. The number of fused-ring (bicyclic) bond motifs is 1. The first-order valence-corrected chi connectivity index (χ1v) is 8.35. The van der Waals surface area contributed by atoms with Crippen LogP contribution in [0.3, 0.4) is 0 Å². The molecule has 3 heterocycles. The van der Waals surface area contributed by atoms with E-state index in [1.807, 2.05) is 49.5 Å². The summed E-state index contributed by atoms with van der Waals surface area (Å²) in [6, 6.07) is 13.8. The second-order valence-corrected chi connectivity index (χ2v) is 6.59. The van der Waals surface area contributed by atoms with E-state index in [1.54, 1.807) is 11.1 Å². The van der Waals surface area contributed by atoms with Crippen LogP contribution in [-0.2, 0) is 0 Å². The summed E-state index contributed by atoms with van der Waals surface area (Å²) >= 11 is 0.